The molecule has 5 heterocycles. The molecule has 0 spiro atoms. The summed E-state index contributed by atoms with van der Waals surface area (Å²) in [6.45, 7) is 11.4. The van der Waals surface area contributed by atoms with E-state index in [1.54, 1.807) is 18.3 Å². The fourth-order valence-corrected chi connectivity index (χ4v) is 7.23. The number of piperazine rings is 1. The SMILES string of the molecule is C[C@@H]1COCCN1C[C@H]1CN(C(=O)O)[C@H](C)CN1CC(=O)N1CC(C)(C)c2c1cc(Cc1ccc(F)cc1)c1nc(CF)cn21. The van der Waals surface area contributed by atoms with Crippen LogP contribution in [-0.4, -0.2) is 112 Å². The van der Waals surface area contributed by atoms with Crippen molar-refractivity contribution in [3.8, 4) is 0 Å². The number of carboxylic acid groups (broad SMARTS) is 1. The lowest BCUT2D eigenvalue weighted by Crippen LogP contribution is -2.64. The molecule has 12 heteroatoms. The van der Waals surface area contributed by atoms with Crippen LogP contribution in [0.2, 0.25) is 0 Å². The summed E-state index contributed by atoms with van der Waals surface area (Å²) >= 11 is 0. The van der Waals surface area contributed by atoms with Gasteiger partial charge in [-0.25, -0.2) is 18.6 Å². The first-order chi connectivity index (χ1) is 21.4. The van der Waals surface area contributed by atoms with E-state index in [0.29, 0.717) is 57.2 Å². The Morgan fingerprint density at radius 3 is 2.56 bits per heavy atom. The number of amides is 2. The maximum Gasteiger partial charge on any atom is 0.407 e. The largest absolute Gasteiger partial charge is 0.465 e. The van der Waals surface area contributed by atoms with Gasteiger partial charge in [0.2, 0.25) is 5.91 Å². The van der Waals surface area contributed by atoms with Gasteiger partial charge in [-0.05, 0) is 37.6 Å². The predicted molar refractivity (Wildman–Crippen MR) is 166 cm³/mol. The molecule has 1 aromatic carbocycles. The summed E-state index contributed by atoms with van der Waals surface area (Å²) in [5.74, 6) is -0.396. The minimum atomic E-state index is -0.950. The average Bonchev–Trinajstić information content (AvgIpc) is 3.54. The second kappa shape index (κ2) is 12.3. The molecule has 45 heavy (non-hydrogen) atoms. The molecule has 0 aliphatic carbocycles. The number of morpholine rings is 1. The molecule has 3 atom stereocenters. The molecule has 6 rings (SSSR count). The number of carbonyl (C=O) groups excluding carboxylic acids is 1. The van der Waals surface area contributed by atoms with Gasteiger partial charge < -0.3 is 24.0 Å². The van der Waals surface area contributed by atoms with E-state index in [2.05, 4.69) is 35.6 Å². The van der Waals surface area contributed by atoms with Crippen LogP contribution in [0.15, 0.2) is 36.5 Å². The fraction of sp³-hybridized carbons (Fsp3) is 0.545. The predicted octanol–water partition coefficient (Wildman–Crippen LogP) is 3.93. The summed E-state index contributed by atoms with van der Waals surface area (Å²) in [6.07, 6.45) is 1.20. The van der Waals surface area contributed by atoms with Gasteiger partial charge in [0, 0.05) is 74.4 Å². The minimum Gasteiger partial charge on any atom is -0.465 e. The van der Waals surface area contributed by atoms with Crippen molar-refractivity contribution in [1.82, 2.24) is 24.1 Å². The average molecular weight is 625 g/mol. The van der Waals surface area contributed by atoms with Crippen LogP contribution in [0.1, 0.15) is 50.2 Å². The Morgan fingerprint density at radius 2 is 1.87 bits per heavy atom. The smallest absolute Gasteiger partial charge is 0.407 e. The summed E-state index contributed by atoms with van der Waals surface area (Å²) in [5.41, 5.74) is 3.85. The van der Waals surface area contributed by atoms with Gasteiger partial charge in [0.1, 0.15) is 18.1 Å². The normalized spacial score (nSPS) is 23.9. The van der Waals surface area contributed by atoms with Crippen LogP contribution in [0, 0.1) is 5.82 Å². The Labute approximate surface area is 262 Å². The zero-order valence-electron chi connectivity index (χ0n) is 26.4. The zero-order chi connectivity index (χ0) is 32.0. The third-order valence-electron chi connectivity index (χ3n) is 9.56. The lowest BCUT2D eigenvalue weighted by Gasteiger charge is -2.47. The summed E-state index contributed by atoms with van der Waals surface area (Å²) in [4.78, 5) is 38.7. The summed E-state index contributed by atoms with van der Waals surface area (Å²) < 4.78 is 35.1. The maximum atomic E-state index is 14.3. The van der Waals surface area contributed by atoms with E-state index in [1.807, 2.05) is 22.3 Å². The van der Waals surface area contributed by atoms with Crippen LogP contribution in [0.3, 0.4) is 0 Å². The molecule has 2 saturated heterocycles. The lowest BCUT2D eigenvalue weighted by molar-refractivity contribution is -0.121. The number of carbonyl (C=O) groups is 2. The highest BCUT2D eigenvalue weighted by Crippen LogP contribution is 2.42. The number of alkyl halides is 1. The molecular formula is C33H42F2N6O4. The number of hydrogen-bond donors (Lipinski definition) is 1. The number of imidazole rings is 1. The van der Waals surface area contributed by atoms with Crippen LogP contribution >= 0.6 is 0 Å². The van der Waals surface area contributed by atoms with Gasteiger partial charge in [0.05, 0.1) is 36.8 Å². The van der Waals surface area contributed by atoms with E-state index >= 15 is 0 Å². The number of aromatic nitrogens is 2. The minimum absolute atomic E-state index is 0.0734. The summed E-state index contributed by atoms with van der Waals surface area (Å²) in [5, 5.41) is 9.89. The molecule has 3 aliphatic heterocycles. The highest BCUT2D eigenvalue weighted by molar-refractivity contribution is 5.98. The molecule has 3 aliphatic rings. The van der Waals surface area contributed by atoms with Crippen molar-refractivity contribution in [2.45, 2.75) is 64.3 Å². The van der Waals surface area contributed by atoms with Gasteiger partial charge in [-0.2, -0.15) is 0 Å². The highest BCUT2D eigenvalue weighted by atomic mass is 19.1. The van der Waals surface area contributed by atoms with Gasteiger partial charge in [0.25, 0.3) is 0 Å². The Hall–Kier alpha value is -3.61. The fourth-order valence-electron chi connectivity index (χ4n) is 7.23. The van der Waals surface area contributed by atoms with Crippen LogP contribution in [0.25, 0.3) is 5.65 Å². The standard InChI is InChI=1S/C33H42F2N6O4/c1-21-14-38(27(17-39(21)32(43)44)16-37-9-10-45-19-22(37)2)18-29(42)41-20-33(3,4)30-28(41)12-24(11-23-5-7-25(35)8-6-23)31-36-26(13-34)15-40(30)31/h5-8,12,15,21-22,27H,9-11,13-14,16-20H2,1-4H3,(H,43,44)/t21-,22-,27+/m1/s1. The van der Waals surface area contributed by atoms with Crippen LogP contribution < -0.4 is 4.90 Å². The number of benzene rings is 1. The number of ether oxygens (including phenoxy) is 1. The maximum absolute atomic E-state index is 14.3. The van der Waals surface area contributed by atoms with Gasteiger partial charge in [-0.15, -0.1) is 0 Å². The van der Waals surface area contributed by atoms with Crippen molar-refractivity contribution < 1.29 is 28.2 Å². The monoisotopic (exact) mass is 624 g/mol. The van der Waals surface area contributed by atoms with E-state index in [-0.39, 0.29) is 36.4 Å². The zero-order valence-corrected chi connectivity index (χ0v) is 26.4. The van der Waals surface area contributed by atoms with Gasteiger partial charge in [-0.1, -0.05) is 26.0 Å². The first kappa shape index (κ1) is 31.4. The van der Waals surface area contributed by atoms with E-state index in [9.17, 15) is 23.5 Å². The third-order valence-corrected chi connectivity index (χ3v) is 9.56. The Bertz CT molecular complexity index is 1580. The molecule has 2 aromatic heterocycles. The van der Waals surface area contributed by atoms with Gasteiger partial charge >= 0.3 is 6.09 Å². The first-order valence-corrected chi connectivity index (χ1v) is 15.7. The van der Waals surface area contributed by atoms with Crippen molar-refractivity contribution in [3.63, 3.8) is 0 Å². The van der Waals surface area contributed by atoms with Crippen molar-refractivity contribution >= 4 is 23.3 Å². The molecule has 0 radical (unpaired) electrons. The van der Waals surface area contributed by atoms with Gasteiger partial charge in [-0.3, -0.25) is 14.6 Å². The second-order valence-corrected chi connectivity index (χ2v) is 13.4. The van der Waals surface area contributed by atoms with Crippen LogP contribution in [0.4, 0.5) is 19.3 Å². The van der Waals surface area contributed by atoms with Crippen molar-refractivity contribution in [2.24, 2.45) is 0 Å². The van der Waals surface area contributed by atoms with Crippen molar-refractivity contribution in [2.75, 3.05) is 57.4 Å². The number of anilines is 1. The number of rotatable bonds is 7. The topological polar surface area (TPSA) is 93.9 Å². The molecule has 2 amide bonds. The molecular weight excluding hydrogens is 582 g/mol. The summed E-state index contributed by atoms with van der Waals surface area (Å²) in [6, 6.07) is 8.03. The quantitative estimate of drug-likeness (QED) is 0.426. The molecule has 3 aromatic rings. The van der Waals surface area contributed by atoms with Crippen molar-refractivity contribution in [3.05, 3.63) is 64.9 Å². The molecule has 0 unspecified atom stereocenters. The third kappa shape index (κ3) is 6.15. The van der Waals surface area contributed by atoms with E-state index < -0.39 is 18.2 Å². The molecule has 0 bridgehead atoms. The number of nitrogens with zero attached hydrogens (tertiary/aromatic N) is 6. The Kier molecular flexibility index (Phi) is 8.57. The van der Waals surface area contributed by atoms with Crippen molar-refractivity contribution in [1.29, 1.82) is 0 Å². The highest BCUT2D eigenvalue weighted by Gasteiger charge is 2.43. The molecule has 1 N–H and O–H groups in total. The van der Waals surface area contributed by atoms with Crippen LogP contribution in [0.5, 0.6) is 0 Å². The lowest BCUT2D eigenvalue weighted by atomic mass is 9.90. The molecule has 242 valence electrons. The van der Waals surface area contributed by atoms with E-state index in [4.69, 9.17) is 4.74 Å². The van der Waals surface area contributed by atoms with Crippen LogP contribution in [-0.2, 0) is 28.0 Å². The number of fused-ring (bicyclic) bond motifs is 3. The Balaban J connectivity index is 1.32. The molecule has 2 fully saturated rings. The summed E-state index contributed by atoms with van der Waals surface area (Å²) in [7, 11) is 0. The number of pyridine rings is 1. The number of hydrogen-bond acceptors (Lipinski definition) is 6. The molecule has 10 nitrogen and oxygen atoms in total. The Morgan fingerprint density at radius 1 is 1.11 bits per heavy atom. The molecule has 0 saturated carbocycles. The second-order valence-electron chi connectivity index (χ2n) is 13.4. The van der Waals surface area contributed by atoms with E-state index in [1.165, 1.54) is 17.0 Å². The van der Waals surface area contributed by atoms with E-state index in [0.717, 1.165) is 29.1 Å². The van der Waals surface area contributed by atoms with Gasteiger partial charge in [0.15, 0.2) is 0 Å². The number of halogens is 2. The first-order valence-electron chi connectivity index (χ1n) is 15.7.